The number of carbonyl (C=O) groups excluding carboxylic acids is 1. The minimum atomic E-state index is 0.500. The maximum absolute atomic E-state index is 9.89. The van der Waals surface area contributed by atoms with Gasteiger partial charge in [-0.1, -0.05) is 0 Å². The molecule has 0 spiro atoms. The van der Waals surface area contributed by atoms with Gasteiger partial charge in [-0.2, -0.15) is 5.10 Å². The molecule has 1 amide bonds. The van der Waals surface area contributed by atoms with Crippen LogP contribution in [0.5, 0.6) is 0 Å². The van der Waals surface area contributed by atoms with E-state index in [0.29, 0.717) is 12.2 Å². The van der Waals surface area contributed by atoms with Crippen LogP contribution in [-0.4, -0.2) is 24.2 Å². The van der Waals surface area contributed by atoms with E-state index in [-0.39, 0.29) is 0 Å². The van der Waals surface area contributed by atoms with Crippen LogP contribution in [-0.2, 0) is 4.79 Å². The van der Waals surface area contributed by atoms with Gasteiger partial charge in [-0.3, -0.25) is 4.79 Å². The first-order chi connectivity index (χ1) is 3.72. The van der Waals surface area contributed by atoms with Gasteiger partial charge in [-0.05, 0) is 6.92 Å². The lowest BCUT2D eigenvalue weighted by molar-refractivity contribution is -0.114. The summed E-state index contributed by atoms with van der Waals surface area (Å²) in [4.78, 5) is 11.2. The molecule has 0 unspecified atom stereocenters. The number of carbonyl (C=O) groups is 1. The summed E-state index contributed by atoms with van der Waals surface area (Å²) in [6.45, 7) is 1.65. The Labute approximate surface area is 48.0 Å². The normalized spacial score (nSPS) is 11.0. The maximum Gasteiger partial charge on any atom is 0.214 e. The van der Waals surface area contributed by atoms with Crippen molar-refractivity contribution in [1.82, 2.24) is 4.90 Å². The van der Waals surface area contributed by atoms with E-state index in [4.69, 9.17) is 5.84 Å². The van der Waals surface area contributed by atoms with Crippen molar-refractivity contribution >= 4 is 12.2 Å². The van der Waals surface area contributed by atoms with Gasteiger partial charge in [0.05, 0.1) is 0 Å². The minimum Gasteiger partial charge on any atom is -0.322 e. The third kappa shape index (κ3) is 1.59. The van der Waals surface area contributed by atoms with Gasteiger partial charge in [-0.15, -0.1) is 0 Å². The number of hydrazone groups is 1. The highest BCUT2D eigenvalue weighted by Gasteiger charge is 1.93. The number of amidine groups is 1. The Hall–Kier alpha value is -1.06. The monoisotopic (exact) mass is 115 g/mol. The summed E-state index contributed by atoms with van der Waals surface area (Å²) in [7, 11) is 1.58. The summed E-state index contributed by atoms with van der Waals surface area (Å²) in [5.74, 6) is 5.34. The van der Waals surface area contributed by atoms with E-state index in [2.05, 4.69) is 5.10 Å². The molecule has 0 atom stereocenters. The molecule has 0 radical (unpaired) electrons. The summed E-state index contributed by atoms with van der Waals surface area (Å²) >= 11 is 0. The van der Waals surface area contributed by atoms with E-state index >= 15 is 0 Å². The summed E-state index contributed by atoms with van der Waals surface area (Å²) in [5.41, 5.74) is 0. The number of rotatable bonds is 1. The van der Waals surface area contributed by atoms with Gasteiger partial charge in [0.1, 0.15) is 5.84 Å². The number of amides is 1. The average Bonchev–Trinajstić information content (AvgIpc) is 1.84. The predicted molar refractivity (Wildman–Crippen MR) is 31.1 cm³/mol. The van der Waals surface area contributed by atoms with Gasteiger partial charge in [-0.25, -0.2) is 0 Å². The summed E-state index contributed by atoms with van der Waals surface area (Å²) < 4.78 is 0. The van der Waals surface area contributed by atoms with Crippen molar-refractivity contribution in [3.63, 3.8) is 0 Å². The Morgan fingerprint density at radius 2 is 2.38 bits per heavy atom. The van der Waals surface area contributed by atoms with Crippen molar-refractivity contribution < 1.29 is 4.79 Å². The van der Waals surface area contributed by atoms with Crippen molar-refractivity contribution in [2.24, 2.45) is 10.9 Å². The van der Waals surface area contributed by atoms with Crippen molar-refractivity contribution in [1.29, 1.82) is 0 Å². The zero-order valence-electron chi connectivity index (χ0n) is 4.96. The molecule has 46 valence electrons. The van der Waals surface area contributed by atoms with Crippen molar-refractivity contribution in [2.75, 3.05) is 7.05 Å². The lowest BCUT2D eigenvalue weighted by atomic mass is 10.6. The third-order valence-corrected chi connectivity index (χ3v) is 0.855. The Morgan fingerprint density at radius 3 is 2.50 bits per heavy atom. The van der Waals surface area contributed by atoms with Crippen molar-refractivity contribution in [2.45, 2.75) is 6.92 Å². The van der Waals surface area contributed by atoms with Gasteiger partial charge in [0.15, 0.2) is 0 Å². The fourth-order valence-electron chi connectivity index (χ4n) is 0.167. The average molecular weight is 115 g/mol. The number of hydrogen-bond acceptors (Lipinski definition) is 3. The van der Waals surface area contributed by atoms with E-state index in [0.717, 1.165) is 0 Å². The van der Waals surface area contributed by atoms with Gasteiger partial charge in [0.25, 0.3) is 0 Å². The molecule has 0 saturated heterocycles. The van der Waals surface area contributed by atoms with E-state index in [1.54, 1.807) is 14.0 Å². The van der Waals surface area contributed by atoms with Crippen LogP contribution in [0.4, 0.5) is 0 Å². The molecule has 0 aliphatic carbocycles. The lowest BCUT2D eigenvalue weighted by Crippen LogP contribution is -2.22. The highest BCUT2D eigenvalue weighted by molar-refractivity contribution is 5.87. The highest BCUT2D eigenvalue weighted by Crippen LogP contribution is 1.76. The SMILES string of the molecule is C/C(=N/N)N(C)C=O. The smallest absolute Gasteiger partial charge is 0.214 e. The summed E-state index contributed by atoms with van der Waals surface area (Å²) in [6.07, 6.45) is 0.645. The number of nitrogens with zero attached hydrogens (tertiary/aromatic N) is 2. The molecule has 0 aliphatic rings. The standard InChI is InChI=1S/C4H9N3O/c1-4(6-5)7(2)3-8/h3H,5H2,1-2H3/b6-4-. The Bertz CT molecular complexity index is 110. The van der Waals surface area contributed by atoms with Crippen LogP contribution in [0, 0.1) is 0 Å². The van der Waals surface area contributed by atoms with E-state index in [1.807, 2.05) is 0 Å². The first-order valence-electron chi connectivity index (χ1n) is 2.15. The molecule has 0 fully saturated rings. The van der Waals surface area contributed by atoms with Gasteiger partial charge >= 0.3 is 0 Å². The first-order valence-corrected chi connectivity index (χ1v) is 2.15. The topological polar surface area (TPSA) is 58.7 Å². The van der Waals surface area contributed by atoms with Crippen molar-refractivity contribution in [3.8, 4) is 0 Å². The Balaban J connectivity index is 3.81. The molecule has 4 nitrogen and oxygen atoms in total. The van der Waals surface area contributed by atoms with Crippen LogP contribution >= 0.6 is 0 Å². The zero-order valence-corrected chi connectivity index (χ0v) is 4.96. The molecule has 2 N–H and O–H groups in total. The van der Waals surface area contributed by atoms with E-state index in [1.165, 1.54) is 4.90 Å². The van der Waals surface area contributed by atoms with Gasteiger partial charge < -0.3 is 10.7 Å². The molecular weight excluding hydrogens is 106 g/mol. The van der Waals surface area contributed by atoms with E-state index in [9.17, 15) is 4.79 Å². The second-order valence-corrected chi connectivity index (χ2v) is 1.39. The second-order valence-electron chi connectivity index (χ2n) is 1.39. The Morgan fingerprint density at radius 1 is 1.88 bits per heavy atom. The van der Waals surface area contributed by atoms with Crippen LogP contribution in [0.3, 0.4) is 0 Å². The highest BCUT2D eigenvalue weighted by atomic mass is 16.1. The second kappa shape index (κ2) is 3.01. The maximum atomic E-state index is 9.89. The van der Waals surface area contributed by atoms with E-state index < -0.39 is 0 Å². The number of nitrogens with two attached hydrogens (primary N) is 1. The summed E-state index contributed by atoms with van der Waals surface area (Å²) in [5, 5.41) is 3.27. The molecule has 0 aromatic rings. The molecule has 0 aromatic carbocycles. The molecule has 0 aromatic heterocycles. The first kappa shape index (κ1) is 6.94. The fraction of sp³-hybridized carbons (Fsp3) is 0.500. The predicted octanol–water partition coefficient (Wildman–Crippen LogP) is -0.633. The Kier molecular flexibility index (Phi) is 2.61. The van der Waals surface area contributed by atoms with Gasteiger partial charge in [0.2, 0.25) is 6.41 Å². The van der Waals surface area contributed by atoms with Crippen molar-refractivity contribution in [3.05, 3.63) is 0 Å². The lowest BCUT2D eigenvalue weighted by Gasteiger charge is -2.05. The van der Waals surface area contributed by atoms with Crippen LogP contribution in [0.2, 0.25) is 0 Å². The minimum absolute atomic E-state index is 0.500. The zero-order chi connectivity index (χ0) is 6.57. The quantitative estimate of drug-likeness (QED) is 0.162. The fourth-order valence-corrected chi connectivity index (χ4v) is 0.167. The van der Waals surface area contributed by atoms with Crippen LogP contribution in [0.15, 0.2) is 5.10 Å². The molecule has 4 heteroatoms. The molecule has 8 heavy (non-hydrogen) atoms. The van der Waals surface area contributed by atoms with Crippen LogP contribution in [0.1, 0.15) is 6.92 Å². The molecule has 0 rings (SSSR count). The molecule has 0 bridgehead atoms. The number of hydrogen-bond donors (Lipinski definition) is 1. The summed E-state index contributed by atoms with van der Waals surface area (Å²) in [6, 6.07) is 0. The molecular formula is C4H9N3O. The third-order valence-electron chi connectivity index (χ3n) is 0.855. The van der Waals surface area contributed by atoms with Gasteiger partial charge in [0, 0.05) is 7.05 Å². The van der Waals surface area contributed by atoms with Crippen LogP contribution in [0.25, 0.3) is 0 Å². The molecule has 0 saturated carbocycles. The molecule has 0 heterocycles. The largest absolute Gasteiger partial charge is 0.322 e. The van der Waals surface area contributed by atoms with Crippen LogP contribution < -0.4 is 5.84 Å². The molecule has 0 aliphatic heterocycles.